The maximum Gasteiger partial charge on any atom is 0.492 e. The highest BCUT2D eigenvalue weighted by molar-refractivity contribution is 6.56. The van der Waals surface area contributed by atoms with Crippen molar-refractivity contribution in [1.29, 1.82) is 0 Å². The van der Waals surface area contributed by atoms with Gasteiger partial charge in [0, 0.05) is 24.3 Å². The van der Waals surface area contributed by atoms with Crippen molar-refractivity contribution in [3.8, 4) is 0 Å². The summed E-state index contributed by atoms with van der Waals surface area (Å²) in [6.45, 7) is 13.8. The second-order valence-electron chi connectivity index (χ2n) is 9.61. The molecule has 160 valence electrons. The molecule has 0 aliphatic carbocycles. The number of hydrogen-bond acceptors (Lipinski definition) is 5. The molecule has 1 fully saturated rings. The number of rotatable bonds is 4. The Morgan fingerprint density at radius 3 is 2.47 bits per heavy atom. The Balaban J connectivity index is 1.93. The molecule has 1 aliphatic heterocycles. The number of ether oxygens (including phenoxy) is 1. The first kappa shape index (κ1) is 22.3. The first-order chi connectivity index (χ1) is 13.9. The van der Waals surface area contributed by atoms with Crippen molar-refractivity contribution in [2.45, 2.75) is 65.3 Å². The molecule has 0 bridgehead atoms. The molecule has 1 aliphatic rings. The molecule has 1 amide bonds. The molecule has 1 N–H and O–H groups in total. The summed E-state index contributed by atoms with van der Waals surface area (Å²) in [5, 5.41) is 4.94. The second kappa shape index (κ2) is 8.04. The summed E-state index contributed by atoms with van der Waals surface area (Å²) in [6, 6.07) is 8.03. The van der Waals surface area contributed by atoms with Gasteiger partial charge in [0.25, 0.3) is 0 Å². The van der Waals surface area contributed by atoms with Gasteiger partial charge in [-0.2, -0.15) is 0 Å². The fourth-order valence-corrected chi connectivity index (χ4v) is 3.15. The molecule has 0 saturated carbocycles. The van der Waals surface area contributed by atoms with Gasteiger partial charge in [-0.1, -0.05) is 24.3 Å². The van der Waals surface area contributed by atoms with E-state index in [0.717, 1.165) is 21.8 Å². The molecule has 1 saturated heterocycles. The first-order valence-electron chi connectivity index (χ1n) is 10.2. The maximum absolute atomic E-state index is 12.2. The standard InChI is InChI=1S/C23H31BN2O4/c1-21(2,3)28-20(27)26-14-18(24-29-22(4,5)23(6,7)30-24)13-17-10-8-9-16-11-12-25-15-19(16)17/h8-13,15H,14H2,1-7H3,(H,26,27). The summed E-state index contributed by atoms with van der Waals surface area (Å²) in [5.41, 5.74) is 0.248. The predicted octanol–water partition coefficient (Wildman–Crippen LogP) is 4.77. The van der Waals surface area contributed by atoms with E-state index in [4.69, 9.17) is 14.0 Å². The van der Waals surface area contributed by atoms with E-state index in [9.17, 15) is 4.79 Å². The minimum Gasteiger partial charge on any atom is -0.444 e. The molecule has 30 heavy (non-hydrogen) atoms. The van der Waals surface area contributed by atoms with Gasteiger partial charge in [0.1, 0.15) is 5.60 Å². The van der Waals surface area contributed by atoms with Crippen molar-refractivity contribution in [3.05, 3.63) is 47.7 Å². The molecule has 2 heterocycles. The van der Waals surface area contributed by atoms with Crippen LogP contribution < -0.4 is 5.32 Å². The normalized spacial score (nSPS) is 18.5. The van der Waals surface area contributed by atoms with Crippen LogP contribution in [-0.4, -0.2) is 41.5 Å². The van der Waals surface area contributed by atoms with Gasteiger partial charge >= 0.3 is 13.2 Å². The van der Waals surface area contributed by atoms with E-state index in [0.29, 0.717) is 0 Å². The Morgan fingerprint density at radius 2 is 1.83 bits per heavy atom. The van der Waals surface area contributed by atoms with Crippen LogP contribution in [-0.2, 0) is 14.0 Å². The second-order valence-corrected chi connectivity index (χ2v) is 9.61. The zero-order valence-electron chi connectivity index (χ0n) is 18.9. The van der Waals surface area contributed by atoms with Crippen LogP contribution in [0.15, 0.2) is 42.1 Å². The Labute approximate surface area is 179 Å². The van der Waals surface area contributed by atoms with Gasteiger partial charge in [-0.15, -0.1) is 0 Å². The third kappa shape index (κ3) is 5.02. The van der Waals surface area contributed by atoms with Crippen LogP contribution in [0, 0.1) is 0 Å². The number of fused-ring (bicyclic) bond motifs is 1. The quantitative estimate of drug-likeness (QED) is 0.735. The highest BCUT2D eigenvalue weighted by Crippen LogP contribution is 2.39. The molecule has 0 radical (unpaired) electrons. The zero-order chi connectivity index (χ0) is 22.2. The first-order valence-corrected chi connectivity index (χ1v) is 10.2. The summed E-state index contributed by atoms with van der Waals surface area (Å²) in [4.78, 5) is 16.5. The molecule has 6 nitrogen and oxygen atoms in total. The van der Waals surface area contributed by atoms with Crippen LogP contribution in [0.3, 0.4) is 0 Å². The number of carbonyl (C=O) groups excluding carboxylic acids is 1. The minimum absolute atomic E-state index is 0.238. The van der Waals surface area contributed by atoms with Crippen LogP contribution in [0.5, 0.6) is 0 Å². The van der Waals surface area contributed by atoms with Gasteiger partial charge in [-0.05, 0) is 71.0 Å². The van der Waals surface area contributed by atoms with Crippen LogP contribution in [0.4, 0.5) is 4.79 Å². The maximum atomic E-state index is 12.2. The average molecular weight is 410 g/mol. The van der Waals surface area contributed by atoms with Gasteiger partial charge in [0.15, 0.2) is 0 Å². The van der Waals surface area contributed by atoms with Crippen molar-refractivity contribution in [3.63, 3.8) is 0 Å². The van der Waals surface area contributed by atoms with Crippen molar-refractivity contribution in [2.75, 3.05) is 6.54 Å². The molecular formula is C23H31BN2O4. The molecule has 1 aromatic heterocycles. The van der Waals surface area contributed by atoms with Gasteiger partial charge in [-0.25, -0.2) is 4.79 Å². The lowest BCUT2D eigenvalue weighted by Gasteiger charge is -2.32. The van der Waals surface area contributed by atoms with Crippen LogP contribution in [0.25, 0.3) is 16.8 Å². The lowest BCUT2D eigenvalue weighted by molar-refractivity contribution is 0.00578. The van der Waals surface area contributed by atoms with Gasteiger partial charge in [-0.3, -0.25) is 4.98 Å². The SMILES string of the molecule is CC(C)(C)OC(=O)NCC(=Cc1cccc2ccncc12)B1OC(C)(C)C(C)(C)O1. The van der Waals surface area contributed by atoms with E-state index in [1.807, 2.05) is 85.0 Å². The lowest BCUT2D eigenvalue weighted by Crippen LogP contribution is -2.41. The number of amides is 1. The summed E-state index contributed by atoms with van der Waals surface area (Å²) in [6.07, 6.45) is 5.13. The van der Waals surface area contributed by atoms with E-state index in [1.54, 1.807) is 6.20 Å². The number of nitrogens with one attached hydrogen (secondary N) is 1. The highest BCUT2D eigenvalue weighted by atomic mass is 16.7. The number of benzene rings is 1. The fraction of sp³-hybridized carbons (Fsp3) is 0.478. The van der Waals surface area contributed by atoms with Crippen LogP contribution in [0.2, 0.25) is 0 Å². The lowest BCUT2D eigenvalue weighted by atomic mass is 9.76. The molecule has 0 spiro atoms. The number of hydrogen-bond donors (Lipinski definition) is 1. The van der Waals surface area contributed by atoms with E-state index in [2.05, 4.69) is 10.3 Å². The Hall–Kier alpha value is -2.38. The van der Waals surface area contributed by atoms with Crippen LogP contribution in [0.1, 0.15) is 54.0 Å². The third-order valence-electron chi connectivity index (χ3n) is 5.45. The topological polar surface area (TPSA) is 69.7 Å². The summed E-state index contributed by atoms with van der Waals surface area (Å²) >= 11 is 0. The summed E-state index contributed by atoms with van der Waals surface area (Å²) in [7, 11) is -0.586. The van der Waals surface area contributed by atoms with Crippen molar-refractivity contribution >= 4 is 30.1 Å². The highest BCUT2D eigenvalue weighted by Gasteiger charge is 2.52. The van der Waals surface area contributed by atoms with Crippen molar-refractivity contribution in [1.82, 2.24) is 10.3 Å². The van der Waals surface area contributed by atoms with Crippen LogP contribution >= 0.6 is 0 Å². The Kier molecular flexibility index (Phi) is 5.98. The molecule has 0 unspecified atom stereocenters. The summed E-state index contributed by atoms with van der Waals surface area (Å²) < 4.78 is 17.9. The summed E-state index contributed by atoms with van der Waals surface area (Å²) in [5.74, 6) is 0. The molecule has 2 aromatic rings. The van der Waals surface area contributed by atoms with E-state index >= 15 is 0 Å². The fourth-order valence-electron chi connectivity index (χ4n) is 3.15. The monoisotopic (exact) mass is 410 g/mol. The molecular weight excluding hydrogens is 379 g/mol. The van der Waals surface area contributed by atoms with Crippen molar-refractivity contribution in [2.24, 2.45) is 0 Å². The Morgan fingerprint density at radius 1 is 1.17 bits per heavy atom. The Bertz CT molecular complexity index is 942. The molecule has 7 heteroatoms. The van der Waals surface area contributed by atoms with E-state index in [1.165, 1.54) is 0 Å². The van der Waals surface area contributed by atoms with E-state index in [-0.39, 0.29) is 6.54 Å². The molecule has 1 aromatic carbocycles. The number of alkyl carbamates (subject to hydrolysis) is 1. The van der Waals surface area contributed by atoms with Crippen molar-refractivity contribution < 1.29 is 18.8 Å². The number of nitrogens with zero attached hydrogens (tertiary/aromatic N) is 1. The van der Waals surface area contributed by atoms with Gasteiger partial charge in [0.05, 0.1) is 11.2 Å². The third-order valence-corrected chi connectivity index (χ3v) is 5.45. The zero-order valence-corrected chi connectivity index (χ0v) is 18.9. The predicted molar refractivity (Wildman–Crippen MR) is 120 cm³/mol. The largest absolute Gasteiger partial charge is 0.492 e. The number of carbonyl (C=O) groups is 1. The minimum atomic E-state index is -0.586. The van der Waals surface area contributed by atoms with Gasteiger partial charge < -0.3 is 19.4 Å². The van der Waals surface area contributed by atoms with E-state index < -0.39 is 30.0 Å². The smallest absolute Gasteiger partial charge is 0.444 e. The molecule has 0 atom stereocenters. The van der Waals surface area contributed by atoms with Gasteiger partial charge in [0.2, 0.25) is 0 Å². The average Bonchev–Trinajstić information content (AvgIpc) is 2.84. The number of pyridine rings is 1. The molecule has 3 rings (SSSR count). The number of aromatic nitrogens is 1.